The van der Waals surface area contributed by atoms with Crippen LogP contribution >= 0.6 is 0 Å². The van der Waals surface area contributed by atoms with Gasteiger partial charge in [0.1, 0.15) is 6.04 Å². The number of carbonyl (C=O) groups excluding carboxylic acids is 2. The number of carbonyl (C=O) groups is 3. The number of amides is 2. The van der Waals surface area contributed by atoms with Crippen LogP contribution in [0.2, 0.25) is 0 Å². The minimum atomic E-state index is -1.03. The van der Waals surface area contributed by atoms with E-state index in [1.54, 1.807) is 31.2 Å². The van der Waals surface area contributed by atoms with Crippen LogP contribution in [0.1, 0.15) is 56.0 Å². The molecule has 6 nitrogen and oxygen atoms in total. The largest absolute Gasteiger partial charge is 0.480 e. The summed E-state index contributed by atoms with van der Waals surface area (Å²) in [5.41, 5.74) is 1.28. The van der Waals surface area contributed by atoms with Crippen LogP contribution in [0.15, 0.2) is 24.3 Å². The van der Waals surface area contributed by atoms with Crippen molar-refractivity contribution in [2.75, 3.05) is 0 Å². The van der Waals surface area contributed by atoms with Gasteiger partial charge in [0.05, 0.1) is 0 Å². The molecule has 3 N–H and O–H groups in total. The fourth-order valence-corrected chi connectivity index (χ4v) is 2.20. The highest BCUT2D eigenvalue weighted by Crippen LogP contribution is 2.10. The summed E-state index contributed by atoms with van der Waals surface area (Å²) in [7, 11) is 0. The first-order chi connectivity index (χ1) is 11.4. The van der Waals surface area contributed by atoms with Crippen LogP contribution in [0.25, 0.3) is 0 Å². The topological polar surface area (TPSA) is 95.5 Å². The molecule has 0 saturated carbocycles. The first-order valence-electron chi connectivity index (χ1n) is 8.28. The molecule has 0 saturated heterocycles. The van der Waals surface area contributed by atoms with Crippen molar-refractivity contribution in [2.45, 2.75) is 52.6 Å². The Kier molecular flexibility index (Phi) is 7.95. The number of nitrogens with one attached hydrogen (secondary N) is 2. The third-order valence-electron chi connectivity index (χ3n) is 3.95. The first kappa shape index (κ1) is 19.7. The number of rotatable bonds is 9. The molecule has 0 aliphatic heterocycles. The van der Waals surface area contributed by atoms with E-state index in [9.17, 15) is 19.5 Å². The van der Waals surface area contributed by atoms with E-state index in [0.29, 0.717) is 24.9 Å². The molecule has 0 radical (unpaired) electrons. The van der Waals surface area contributed by atoms with Crippen molar-refractivity contribution in [3.8, 4) is 0 Å². The van der Waals surface area contributed by atoms with Gasteiger partial charge in [-0.2, -0.15) is 0 Å². The highest BCUT2D eigenvalue weighted by molar-refractivity contribution is 5.96. The summed E-state index contributed by atoms with van der Waals surface area (Å²) in [6.07, 6.45) is 1.95. The minimum Gasteiger partial charge on any atom is -0.480 e. The Morgan fingerprint density at radius 1 is 1.12 bits per heavy atom. The van der Waals surface area contributed by atoms with Gasteiger partial charge in [0.15, 0.2) is 0 Å². The highest BCUT2D eigenvalue weighted by atomic mass is 16.4. The quantitative estimate of drug-likeness (QED) is 0.646. The van der Waals surface area contributed by atoms with Crippen LogP contribution < -0.4 is 10.6 Å². The SMILES string of the molecule is CCCC(=O)NCc1ccc(C(=O)NC(C(=O)O)C(C)CC)cc1. The molecule has 0 aromatic heterocycles. The van der Waals surface area contributed by atoms with E-state index in [2.05, 4.69) is 10.6 Å². The molecule has 0 spiro atoms. The van der Waals surface area contributed by atoms with Gasteiger partial charge >= 0.3 is 5.97 Å². The van der Waals surface area contributed by atoms with Crippen molar-refractivity contribution < 1.29 is 19.5 Å². The predicted molar refractivity (Wildman–Crippen MR) is 91.5 cm³/mol. The van der Waals surface area contributed by atoms with Crippen molar-refractivity contribution in [1.29, 1.82) is 0 Å². The maximum Gasteiger partial charge on any atom is 0.326 e. The normalized spacial score (nSPS) is 13.0. The Morgan fingerprint density at radius 3 is 2.25 bits per heavy atom. The molecule has 132 valence electrons. The van der Waals surface area contributed by atoms with Crippen molar-refractivity contribution >= 4 is 17.8 Å². The van der Waals surface area contributed by atoms with E-state index in [1.807, 2.05) is 13.8 Å². The van der Waals surface area contributed by atoms with Crippen LogP contribution in [-0.2, 0) is 16.1 Å². The predicted octanol–water partition coefficient (Wildman–Crippen LogP) is 2.33. The fraction of sp³-hybridized carbons (Fsp3) is 0.500. The van der Waals surface area contributed by atoms with Crippen molar-refractivity contribution in [2.24, 2.45) is 5.92 Å². The lowest BCUT2D eigenvalue weighted by Gasteiger charge is -2.20. The molecule has 6 heteroatoms. The first-order valence-corrected chi connectivity index (χ1v) is 8.28. The lowest BCUT2D eigenvalue weighted by Crippen LogP contribution is -2.45. The number of hydrogen-bond acceptors (Lipinski definition) is 3. The van der Waals surface area contributed by atoms with Crippen LogP contribution in [0, 0.1) is 5.92 Å². The van der Waals surface area contributed by atoms with Gasteiger partial charge in [-0.3, -0.25) is 9.59 Å². The van der Waals surface area contributed by atoms with Gasteiger partial charge in [-0.05, 0) is 30.0 Å². The molecule has 24 heavy (non-hydrogen) atoms. The Labute approximate surface area is 142 Å². The summed E-state index contributed by atoms with van der Waals surface area (Å²) in [6.45, 7) is 6.03. The minimum absolute atomic E-state index is 0.00262. The van der Waals surface area contributed by atoms with E-state index in [-0.39, 0.29) is 11.8 Å². The lowest BCUT2D eigenvalue weighted by molar-refractivity contribution is -0.140. The smallest absolute Gasteiger partial charge is 0.326 e. The number of hydrogen-bond donors (Lipinski definition) is 3. The molecule has 0 heterocycles. The number of carboxylic acids is 1. The molecule has 2 unspecified atom stereocenters. The second kappa shape index (κ2) is 9.70. The zero-order chi connectivity index (χ0) is 18.1. The van der Waals surface area contributed by atoms with Gasteiger partial charge in [-0.1, -0.05) is 39.3 Å². The van der Waals surface area contributed by atoms with Gasteiger partial charge < -0.3 is 15.7 Å². The van der Waals surface area contributed by atoms with E-state index in [4.69, 9.17) is 0 Å². The zero-order valence-corrected chi connectivity index (χ0v) is 14.5. The Bertz CT molecular complexity index is 569. The molecule has 1 aromatic rings. The Morgan fingerprint density at radius 2 is 1.75 bits per heavy atom. The molecule has 2 atom stereocenters. The van der Waals surface area contributed by atoms with Gasteiger partial charge in [-0.25, -0.2) is 4.79 Å². The number of carboxylic acid groups (broad SMARTS) is 1. The van der Waals surface area contributed by atoms with E-state index in [0.717, 1.165) is 12.0 Å². The van der Waals surface area contributed by atoms with Crippen LogP contribution in [-0.4, -0.2) is 28.9 Å². The van der Waals surface area contributed by atoms with Gasteiger partial charge in [0.25, 0.3) is 5.91 Å². The molecule has 0 bridgehead atoms. The zero-order valence-electron chi connectivity index (χ0n) is 14.5. The van der Waals surface area contributed by atoms with Crippen molar-refractivity contribution in [3.05, 3.63) is 35.4 Å². The molecule has 0 aliphatic carbocycles. The second-order valence-electron chi connectivity index (χ2n) is 5.90. The molecular formula is C18H26N2O4. The maximum absolute atomic E-state index is 12.2. The summed E-state index contributed by atoms with van der Waals surface area (Å²) in [5, 5.41) is 14.6. The van der Waals surface area contributed by atoms with E-state index in [1.165, 1.54) is 0 Å². The van der Waals surface area contributed by atoms with Crippen molar-refractivity contribution in [3.63, 3.8) is 0 Å². The molecule has 1 rings (SSSR count). The summed E-state index contributed by atoms with van der Waals surface area (Å²) in [5.74, 6) is -1.60. The Balaban J connectivity index is 2.65. The van der Waals surface area contributed by atoms with Crippen LogP contribution in [0.3, 0.4) is 0 Å². The summed E-state index contributed by atoms with van der Waals surface area (Å²) >= 11 is 0. The fourth-order valence-electron chi connectivity index (χ4n) is 2.20. The van der Waals surface area contributed by atoms with Crippen LogP contribution in [0.4, 0.5) is 0 Å². The number of aliphatic carboxylic acids is 1. The molecule has 1 aromatic carbocycles. The monoisotopic (exact) mass is 334 g/mol. The Hall–Kier alpha value is -2.37. The van der Waals surface area contributed by atoms with Gasteiger partial charge in [-0.15, -0.1) is 0 Å². The summed E-state index contributed by atoms with van der Waals surface area (Å²) in [6, 6.07) is 5.86. The summed E-state index contributed by atoms with van der Waals surface area (Å²) in [4.78, 5) is 34.9. The molecular weight excluding hydrogens is 308 g/mol. The molecule has 0 fully saturated rings. The second-order valence-corrected chi connectivity index (χ2v) is 5.90. The standard InChI is InChI=1S/C18H26N2O4/c1-4-6-15(21)19-11-13-7-9-14(10-8-13)17(22)20-16(18(23)24)12(3)5-2/h7-10,12,16H,4-6,11H2,1-3H3,(H,19,21)(H,20,22)(H,23,24). The lowest BCUT2D eigenvalue weighted by atomic mass is 9.99. The highest BCUT2D eigenvalue weighted by Gasteiger charge is 2.25. The van der Waals surface area contributed by atoms with Crippen molar-refractivity contribution in [1.82, 2.24) is 10.6 Å². The average molecular weight is 334 g/mol. The third-order valence-corrected chi connectivity index (χ3v) is 3.95. The number of benzene rings is 1. The van der Waals surface area contributed by atoms with E-state index < -0.39 is 17.9 Å². The van der Waals surface area contributed by atoms with Gasteiger partial charge in [0, 0.05) is 18.5 Å². The summed E-state index contributed by atoms with van der Waals surface area (Å²) < 4.78 is 0. The molecule has 0 aliphatic rings. The van der Waals surface area contributed by atoms with Gasteiger partial charge in [0.2, 0.25) is 5.91 Å². The third kappa shape index (κ3) is 6.02. The van der Waals surface area contributed by atoms with E-state index >= 15 is 0 Å². The van der Waals surface area contributed by atoms with Crippen LogP contribution in [0.5, 0.6) is 0 Å². The maximum atomic E-state index is 12.2. The average Bonchev–Trinajstić information content (AvgIpc) is 2.57. The molecule has 2 amide bonds.